The molecule has 16 heavy (non-hydrogen) atoms. The van der Waals surface area contributed by atoms with E-state index in [1.807, 2.05) is 19.9 Å². The minimum Gasteiger partial charge on any atom is -0.367 e. The minimum atomic E-state index is -4.33. The third-order valence-corrected chi connectivity index (χ3v) is 1.88. The first-order chi connectivity index (χ1) is 7.39. The predicted octanol–water partition coefficient (Wildman–Crippen LogP) is 3.48. The normalized spacial score (nSPS) is 11.1. The van der Waals surface area contributed by atoms with Gasteiger partial charge in [0.15, 0.2) is 0 Å². The third-order valence-electron chi connectivity index (χ3n) is 1.88. The molecule has 0 fully saturated rings. The van der Waals surface area contributed by atoms with E-state index in [1.54, 1.807) is 0 Å². The van der Waals surface area contributed by atoms with Crippen molar-refractivity contribution >= 4 is 5.82 Å². The van der Waals surface area contributed by atoms with E-state index in [-0.39, 0.29) is 0 Å². The Labute approximate surface area is 92.2 Å². The maximum atomic E-state index is 12.2. The van der Waals surface area contributed by atoms with Gasteiger partial charge in [-0.2, -0.15) is 13.2 Å². The minimum absolute atomic E-state index is 0.436. The van der Waals surface area contributed by atoms with E-state index in [9.17, 15) is 13.2 Å². The maximum absolute atomic E-state index is 12.2. The first kappa shape index (κ1) is 12.5. The number of hydrogen-bond donors (Lipinski definition) is 1. The second-order valence-electron chi connectivity index (χ2n) is 3.59. The highest BCUT2D eigenvalue weighted by Gasteiger charge is 2.30. The van der Waals surface area contributed by atoms with Crippen LogP contribution in [0.2, 0.25) is 0 Å². The van der Waals surface area contributed by atoms with Gasteiger partial charge in [-0.05, 0) is 26.0 Å². The number of halogens is 3. The van der Waals surface area contributed by atoms with Gasteiger partial charge in [0.1, 0.15) is 5.82 Å². The molecule has 88 valence electrons. The molecule has 0 aliphatic carbocycles. The summed E-state index contributed by atoms with van der Waals surface area (Å²) in [4.78, 5) is 3.68. The van der Waals surface area contributed by atoms with Crippen LogP contribution >= 0.6 is 0 Å². The molecule has 1 heterocycles. The number of nitrogens with zero attached hydrogens (tertiary/aromatic N) is 1. The van der Waals surface area contributed by atoms with Crippen molar-refractivity contribution in [1.29, 1.82) is 0 Å². The summed E-state index contributed by atoms with van der Waals surface area (Å²) in [6, 6.07) is 2.33. The summed E-state index contributed by atoms with van der Waals surface area (Å²) < 4.78 is 36.6. The standard InChI is InChI=1S/C11H13F3N2/c1-8(2)5-6-15-10-4-3-9(7-16-10)11(12,13)14/h3-5,7H,6H2,1-2H3,(H,15,16). The zero-order valence-corrected chi connectivity index (χ0v) is 9.10. The molecule has 1 aromatic rings. The van der Waals surface area contributed by atoms with Crippen LogP contribution in [0.15, 0.2) is 30.0 Å². The fourth-order valence-corrected chi connectivity index (χ4v) is 1.03. The monoisotopic (exact) mass is 230 g/mol. The van der Waals surface area contributed by atoms with Gasteiger partial charge in [0.2, 0.25) is 0 Å². The summed E-state index contributed by atoms with van der Waals surface area (Å²) in [5.41, 5.74) is 0.402. The molecular weight excluding hydrogens is 217 g/mol. The second kappa shape index (κ2) is 5.01. The second-order valence-corrected chi connectivity index (χ2v) is 3.59. The summed E-state index contributed by atoms with van der Waals surface area (Å²) in [6.45, 7) is 4.45. The van der Waals surface area contributed by atoms with E-state index in [0.717, 1.165) is 17.8 Å². The van der Waals surface area contributed by atoms with Gasteiger partial charge in [-0.3, -0.25) is 0 Å². The molecule has 0 atom stereocenters. The van der Waals surface area contributed by atoms with Crippen LogP contribution < -0.4 is 5.32 Å². The molecule has 0 radical (unpaired) electrons. The molecule has 0 saturated carbocycles. The summed E-state index contributed by atoms with van der Waals surface area (Å²) in [6.07, 6.45) is -1.57. The summed E-state index contributed by atoms with van der Waals surface area (Å²) in [5.74, 6) is 0.436. The number of aromatic nitrogens is 1. The van der Waals surface area contributed by atoms with Crippen LogP contribution in [0.5, 0.6) is 0 Å². The molecule has 0 aliphatic heterocycles. The van der Waals surface area contributed by atoms with Crippen LogP contribution in [0.3, 0.4) is 0 Å². The molecule has 0 unspecified atom stereocenters. The van der Waals surface area contributed by atoms with Gasteiger partial charge in [-0.1, -0.05) is 11.6 Å². The van der Waals surface area contributed by atoms with Crippen LogP contribution in [-0.2, 0) is 6.18 Å². The molecule has 1 N–H and O–H groups in total. The van der Waals surface area contributed by atoms with Crippen molar-refractivity contribution in [3.63, 3.8) is 0 Å². The van der Waals surface area contributed by atoms with E-state index >= 15 is 0 Å². The Kier molecular flexibility index (Phi) is 3.93. The fourth-order valence-electron chi connectivity index (χ4n) is 1.03. The lowest BCUT2D eigenvalue weighted by molar-refractivity contribution is -0.137. The molecule has 5 heteroatoms. The van der Waals surface area contributed by atoms with Gasteiger partial charge >= 0.3 is 6.18 Å². The quantitative estimate of drug-likeness (QED) is 0.804. The lowest BCUT2D eigenvalue weighted by atomic mass is 10.3. The van der Waals surface area contributed by atoms with Crippen molar-refractivity contribution in [2.75, 3.05) is 11.9 Å². The van der Waals surface area contributed by atoms with Crippen LogP contribution in [0, 0.1) is 0 Å². The topological polar surface area (TPSA) is 24.9 Å². The van der Waals surface area contributed by atoms with Crippen LogP contribution in [0.25, 0.3) is 0 Å². The summed E-state index contributed by atoms with van der Waals surface area (Å²) in [5, 5.41) is 2.90. The van der Waals surface area contributed by atoms with Crippen molar-refractivity contribution in [2.24, 2.45) is 0 Å². The Morgan fingerprint density at radius 2 is 2.06 bits per heavy atom. The Balaban J connectivity index is 2.62. The van der Waals surface area contributed by atoms with Gasteiger partial charge < -0.3 is 5.32 Å². The van der Waals surface area contributed by atoms with Gasteiger partial charge in [-0.25, -0.2) is 4.98 Å². The van der Waals surface area contributed by atoms with E-state index < -0.39 is 11.7 Å². The zero-order valence-electron chi connectivity index (χ0n) is 9.10. The molecular formula is C11H13F3N2. The van der Waals surface area contributed by atoms with Gasteiger partial charge in [0.25, 0.3) is 0 Å². The lowest BCUT2D eigenvalue weighted by Crippen LogP contribution is -2.07. The number of allylic oxidation sites excluding steroid dienone is 1. The molecule has 0 saturated heterocycles. The van der Waals surface area contributed by atoms with E-state index in [0.29, 0.717) is 12.4 Å². The molecule has 0 spiro atoms. The van der Waals surface area contributed by atoms with Crippen molar-refractivity contribution in [3.05, 3.63) is 35.5 Å². The van der Waals surface area contributed by atoms with Gasteiger partial charge in [0, 0.05) is 12.7 Å². The Bertz CT molecular complexity index is 362. The highest BCUT2D eigenvalue weighted by atomic mass is 19.4. The van der Waals surface area contributed by atoms with Crippen molar-refractivity contribution in [1.82, 2.24) is 4.98 Å². The SMILES string of the molecule is CC(C)=CCNc1ccc(C(F)(F)F)cn1. The van der Waals surface area contributed by atoms with E-state index in [2.05, 4.69) is 10.3 Å². The molecule has 2 nitrogen and oxygen atoms in total. The van der Waals surface area contributed by atoms with Gasteiger partial charge in [-0.15, -0.1) is 0 Å². The van der Waals surface area contributed by atoms with Gasteiger partial charge in [0.05, 0.1) is 5.56 Å². The Hall–Kier alpha value is -1.52. The van der Waals surface area contributed by atoms with E-state index in [4.69, 9.17) is 0 Å². The fraction of sp³-hybridized carbons (Fsp3) is 0.364. The van der Waals surface area contributed by atoms with E-state index in [1.165, 1.54) is 6.07 Å². The average Bonchev–Trinajstić information content (AvgIpc) is 2.16. The van der Waals surface area contributed by atoms with Crippen molar-refractivity contribution in [2.45, 2.75) is 20.0 Å². The Morgan fingerprint density at radius 3 is 2.50 bits per heavy atom. The van der Waals surface area contributed by atoms with Crippen LogP contribution in [-0.4, -0.2) is 11.5 Å². The molecule has 0 amide bonds. The average molecular weight is 230 g/mol. The number of anilines is 1. The largest absolute Gasteiger partial charge is 0.417 e. The predicted molar refractivity (Wildman–Crippen MR) is 57.2 cm³/mol. The summed E-state index contributed by atoms with van der Waals surface area (Å²) in [7, 11) is 0. The molecule has 0 aliphatic rings. The first-order valence-corrected chi connectivity index (χ1v) is 4.80. The molecule has 0 aromatic carbocycles. The number of pyridine rings is 1. The number of hydrogen-bond acceptors (Lipinski definition) is 2. The Morgan fingerprint density at radius 1 is 1.38 bits per heavy atom. The lowest BCUT2D eigenvalue weighted by Gasteiger charge is -2.07. The van der Waals surface area contributed by atoms with Crippen molar-refractivity contribution in [3.8, 4) is 0 Å². The smallest absolute Gasteiger partial charge is 0.367 e. The summed E-state index contributed by atoms with van der Waals surface area (Å²) >= 11 is 0. The van der Waals surface area contributed by atoms with Crippen LogP contribution in [0.1, 0.15) is 19.4 Å². The zero-order chi connectivity index (χ0) is 12.2. The number of alkyl halides is 3. The maximum Gasteiger partial charge on any atom is 0.417 e. The molecule has 1 aromatic heterocycles. The van der Waals surface area contributed by atoms with Crippen molar-refractivity contribution < 1.29 is 13.2 Å². The highest BCUT2D eigenvalue weighted by Crippen LogP contribution is 2.28. The first-order valence-electron chi connectivity index (χ1n) is 4.80. The highest BCUT2D eigenvalue weighted by molar-refractivity contribution is 5.36. The molecule has 1 rings (SSSR count). The third kappa shape index (κ3) is 3.92. The number of rotatable bonds is 3. The van der Waals surface area contributed by atoms with Crippen LogP contribution in [0.4, 0.5) is 19.0 Å². The molecule has 0 bridgehead atoms. The number of nitrogens with one attached hydrogen (secondary N) is 1.